The topological polar surface area (TPSA) is 433 Å². The summed E-state index contributed by atoms with van der Waals surface area (Å²) in [6, 6.07) is 0. The Bertz CT molecular complexity index is 762. The third kappa shape index (κ3) is 61400. The molecule has 0 spiro atoms. The van der Waals surface area contributed by atoms with Crippen molar-refractivity contribution in [3.63, 3.8) is 0 Å². The summed E-state index contributed by atoms with van der Waals surface area (Å²) in [6.45, 7) is 0. The molecular weight excluding hydrogens is 615 g/mol. The van der Waals surface area contributed by atoms with Gasteiger partial charge in [0.2, 0.25) is 10.4 Å². The van der Waals surface area contributed by atoms with Gasteiger partial charge in [0.25, 0.3) is 9.05 Å². The van der Waals surface area contributed by atoms with Crippen molar-refractivity contribution in [3.8, 4) is 0 Å². The molecule has 31 heavy (non-hydrogen) atoms. The van der Waals surface area contributed by atoms with Gasteiger partial charge in [0.1, 0.15) is 0 Å². The fourth-order valence-corrected chi connectivity index (χ4v) is 0. The maximum absolute atomic E-state index is 9.11. The minimum atomic E-state index is -4.92. The van der Waals surface area contributed by atoms with E-state index in [4.69, 9.17) is 101 Å². The van der Waals surface area contributed by atoms with Crippen molar-refractivity contribution in [1.29, 1.82) is 0 Å². The van der Waals surface area contributed by atoms with Crippen LogP contribution in [0.4, 0.5) is 0 Å². The molecule has 0 amide bonds. The average molecular weight is 627 g/mol. The largest absolute Gasteiger partial charge is 1.00 e. The first-order valence-electron chi connectivity index (χ1n) is 4.17. The molecule has 0 unspecified atom stereocenters. The Morgan fingerprint density at radius 3 is 0.419 bits per heavy atom. The molecular formula is H11NaO23S7. The molecule has 0 aliphatic carbocycles. The minimum Gasteiger partial charge on any atom is -0.726 e. The molecule has 0 saturated carbocycles. The van der Waals surface area contributed by atoms with Crippen molar-refractivity contribution in [1.82, 2.24) is 0 Å². The first-order valence-corrected chi connectivity index (χ1v) is 13.5. The molecule has 23 nitrogen and oxygen atoms in total. The van der Waals surface area contributed by atoms with Gasteiger partial charge in [0, 0.05) is 11.2 Å². The second-order valence-corrected chi connectivity index (χ2v) is 9.30. The Labute approximate surface area is 201 Å². The average Bonchev–Trinajstić information content (AvgIpc) is 1.94. The van der Waals surface area contributed by atoms with Crippen LogP contribution in [-0.2, 0) is 72.2 Å². The van der Waals surface area contributed by atoms with Gasteiger partial charge in [-0.2, -0.15) is 37.9 Å². The quantitative estimate of drug-likeness (QED) is 0.0675. The van der Waals surface area contributed by atoms with E-state index in [1.807, 2.05) is 0 Å². The second kappa shape index (κ2) is 20.1. The molecule has 31 heteroatoms. The van der Waals surface area contributed by atoms with Crippen molar-refractivity contribution in [2.24, 2.45) is 0 Å². The summed E-state index contributed by atoms with van der Waals surface area (Å²) < 4.78 is 183. The molecule has 192 valence electrons. The fourth-order valence-electron chi connectivity index (χ4n) is 0. The van der Waals surface area contributed by atoms with E-state index in [2.05, 4.69) is 11.2 Å². The molecule has 0 aromatic heterocycles. The van der Waals surface area contributed by atoms with Gasteiger partial charge in [0.15, 0.2) is 0 Å². The maximum atomic E-state index is 9.11. The first kappa shape index (κ1) is 48.9. The first-order chi connectivity index (χ1) is 12.0. The van der Waals surface area contributed by atoms with Crippen molar-refractivity contribution in [2.45, 2.75) is 0 Å². The van der Waals surface area contributed by atoms with Crippen LogP contribution in [0.2, 0.25) is 0 Å². The smallest absolute Gasteiger partial charge is 0.726 e. The maximum Gasteiger partial charge on any atom is 1.00 e. The summed E-state index contributed by atoms with van der Waals surface area (Å²) in [4.78, 5) is 0. The molecule has 0 saturated heterocycles. The standard InChI is InChI=1S/Na.5H2O4S.H2O3S2/c;6*1-5(2,3)4/h;6*(H2,1,2,3,4)/q+1;;;;;;/p-1. The molecule has 0 radical (unpaired) electrons. The molecule has 0 aromatic rings. The van der Waals surface area contributed by atoms with E-state index in [0.717, 1.165) is 0 Å². The summed E-state index contributed by atoms with van der Waals surface area (Å²) in [5, 5.41) is 0. The van der Waals surface area contributed by atoms with Gasteiger partial charge in [-0.05, 0) is 0 Å². The third-order valence-corrected chi connectivity index (χ3v) is 0. The molecule has 0 rings (SSSR count). The Balaban J connectivity index is -0.0000000443. The van der Waals surface area contributed by atoms with Crippen LogP contribution in [-0.4, -0.2) is 101 Å². The second-order valence-electron chi connectivity index (χ2n) is 2.67. The Morgan fingerprint density at radius 2 is 0.419 bits per heavy atom. The van der Waals surface area contributed by atoms with Gasteiger partial charge in [-0.3, -0.25) is 50.1 Å². The summed E-state index contributed by atoms with van der Waals surface area (Å²) in [5.74, 6) is 0. The molecule has 0 aromatic carbocycles. The molecule has 11 N–H and O–H groups in total. The molecule has 0 heterocycles. The molecule has 0 aliphatic rings. The van der Waals surface area contributed by atoms with Crippen molar-refractivity contribution >= 4 is 72.2 Å². The van der Waals surface area contributed by atoms with Crippen LogP contribution in [0.25, 0.3) is 0 Å². The van der Waals surface area contributed by atoms with Gasteiger partial charge >= 0.3 is 71.2 Å². The predicted octanol–water partition coefficient (Wildman–Crippen LogP) is -6.92. The predicted molar refractivity (Wildman–Crippen MR) is 89.8 cm³/mol. The Morgan fingerprint density at radius 1 is 0.419 bits per heavy atom. The van der Waals surface area contributed by atoms with Gasteiger partial charge in [-0.25, -0.2) is 8.42 Å². The normalized spacial score (nSPS) is 11.2. The van der Waals surface area contributed by atoms with Gasteiger partial charge in [0.05, 0.1) is 0 Å². The van der Waals surface area contributed by atoms with E-state index in [1.165, 1.54) is 0 Å². The van der Waals surface area contributed by atoms with E-state index >= 15 is 0 Å². The van der Waals surface area contributed by atoms with Crippen LogP contribution in [0.15, 0.2) is 0 Å². The fraction of sp³-hybridized carbons (Fsp3) is 0. The summed E-state index contributed by atoms with van der Waals surface area (Å²) in [5.41, 5.74) is 0. The van der Waals surface area contributed by atoms with E-state index in [0.29, 0.717) is 0 Å². The van der Waals surface area contributed by atoms with E-state index < -0.39 is 61.0 Å². The Kier molecular flexibility index (Phi) is 31.6. The van der Waals surface area contributed by atoms with E-state index in [1.54, 1.807) is 0 Å². The van der Waals surface area contributed by atoms with Crippen LogP contribution in [0.5, 0.6) is 0 Å². The summed E-state index contributed by atoms with van der Waals surface area (Å²) in [7, 11) is -27.4. The van der Waals surface area contributed by atoms with E-state index in [9.17, 15) is 0 Å². The van der Waals surface area contributed by atoms with Gasteiger partial charge < -0.3 is 4.55 Å². The van der Waals surface area contributed by atoms with Crippen LogP contribution < -0.4 is 29.6 Å². The monoisotopic (exact) mass is 626 g/mol. The molecule has 0 atom stereocenters. The number of hydrogen-bond donors (Lipinski definition) is 11. The van der Waals surface area contributed by atoms with Crippen molar-refractivity contribution in [3.05, 3.63) is 0 Å². The number of hydrogen-bond acceptors (Lipinski definition) is 13. The zero-order valence-electron chi connectivity index (χ0n) is 13.7. The van der Waals surface area contributed by atoms with Gasteiger partial charge in [-0.1, -0.05) is 0 Å². The zero-order chi connectivity index (χ0) is 27.0. The molecule has 0 bridgehead atoms. The minimum absolute atomic E-state index is 0. The third-order valence-electron chi connectivity index (χ3n) is 0. The SMILES string of the molecule is O=S(=O)(O)O.O=S(=O)(O)O.O=S(=O)(O)O.O=S(=O)(O)O.O=S(=O)([O-])O.O=S(O)(O)=S.[Na+]. The zero-order valence-corrected chi connectivity index (χ0v) is 21.4. The van der Waals surface area contributed by atoms with Gasteiger partial charge in [-0.15, -0.1) is 0 Å². The van der Waals surface area contributed by atoms with Crippen LogP contribution in [0.3, 0.4) is 0 Å². The van der Waals surface area contributed by atoms with Crippen LogP contribution in [0.1, 0.15) is 0 Å². The summed E-state index contributed by atoms with van der Waals surface area (Å²) in [6.07, 6.45) is 0. The number of rotatable bonds is 0. The van der Waals surface area contributed by atoms with E-state index in [-0.39, 0.29) is 29.6 Å². The summed E-state index contributed by atoms with van der Waals surface area (Å²) >= 11 is 3.47. The van der Waals surface area contributed by atoms with Crippen LogP contribution >= 0.6 is 0 Å². The molecule has 0 aliphatic heterocycles. The van der Waals surface area contributed by atoms with Crippen molar-refractivity contribution in [2.75, 3.05) is 0 Å². The van der Waals surface area contributed by atoms with Crippen LogP contribution in [0, 0.1) is 0 Å². The Hall–Kier alpha value is 0.640. The van der Waals surface area contributed by atoms with Crippen molar-refractivity contribution < 1.29 is 130 Å². The molecule has 0 fully saturated rings.